The van der Waals surface area contributed by atoms with Crippen LogP contribution in [0, 0.1) is 0 Å². The number of nitrogens with zero attached hydrogens (tertiary/aromatic N) is 1. The fourth-order valence-corrected chi connectivity index (χ4v) is 4.52. The molecule has 26 heavy (non-hydrogen) atoms. The number of hydrogen-bond acceptors (Lipinski definition) is 4. The Morgan fingerprint density at radius 2 is 2.08 bits per heavy atom. The second-order valence-corrected chi connectivity index (χ2v) is 8.77. The van der Waals surface area contributed by atoms with Crippen molar-refractivity contribution in [3.8, 4) is 5.75 Å². The van der Waals surface area contributed by atoms with E-state index in [2.05, 4.69) is 68.1 Å². The van der Waals surface area contributed by atoms with Crippen LogP contribution in [0.4, 0.5) is 5.13 Å². The Balaban J connectivity index is 1.65. The third kappa shape index (κ3) is 4.64. The molecule has 3 aromatic rings. The smallest absolute Gasteiger partial charge is 0.264 e. The molecule has 0 aliphatic carbocycles. The highest BCUT2D eigenvalue weighted by Gasteiger charge is 2.11. The van der Waals surface area contributed by atoms with Gasteiger partial charge in [0.2, 0.25) is 0 Å². The first kappa shape index (κ1) is 19.3. The monoisotopic (exact) mass is 496 g/mol. The minimum atomic E-state index is -0.235. The van der Waals surface area contributed by atoms with E-state index in [0.717, 1.165) is 25.6 Å². The summed E-state index contributed by atoms with van der Waals surface area (Å²) in [5.74, 6) is 0.893. The summed E-state index contributed by atoms with van der Waals surface area (Å²) in [6.45, 7) is 4.31. The molecule has 0 saturated heterocycles. The van der Waals surface area contributed by atoms with E-state index in [1.165, 1.54) is 16.9 Å². The van der Waals surface area contributed by atoms with Gasteiger partial charge < -0.3 is 4.74 Å². The van der Waals surface area contributed by atoms with Crippen LogP contribution in [-0.2, 0) is 4.79 Å². The molecular weight excluding hydrogens is 480 g/mol. The summed E-state index contributed by atoms with van der Waals surface area (Å²) in [6.07, 6.45) is 1.09. The summed E-state index contributed by atoms with van der Waals surface area (Å²) < 4.78 is 8.37. The molecule has 2 aromatic carbocycles. The largest absolute Gasteiger partial charge is 0.483 e. The van der Waals surface area contributed by atoms with Gasteiger partial charge in [-0.05, 0) is 64.2 Å². The van der Waals surface area contributed by atoms with Gasteiger partial charge in [0.1, 0.15) is 5.75 Å². The topological polar surface area (TPSA) is 51.2 Å². The second-order valence-electron chi connectivity index (χ2n) is 5.97. The van der Waals surface area contributed by atoms with E-state index in [4.69, 9.17) is 4.74 Å². The number of carbonyl (C=O) groups excluding carboxylic acids is 1. The van der Waals surface area contributed by atoms with Crippen LogP contribution in [0.1, 0.15) is 31.7 Å². The van der Waals surface area contributed by atoms with Crippen LogP contribution < -0.4 is 10.1 Å². The number of ether oxygens (including phenoxy) is 1. The Labute approximate surface area is 173 Å². The number of benzene rings is 2. The van der Waals surface area contributed by atoms with E-state index in [1.807, 2.05) is 18.2 Å². The van der Waals surface area contributed by atoms with Crippen molar-refractivity contribution >= 4 is 64.5 Å². The molecule has 1 N–H and O–H groups in total. The molecule has 1 unspecified atom stereocenters. The average molecular weight is 498 g/mol. The molecule has 4 nitrogen and oxygen atoms in total. The Morgan fingerprint density at radius 3 is 2.81 bits per heavy atom. The molecule has 0 aliphatic heterocycles. The highest BCUT2D eigenvalue weighted by atomic mass is 79.9. The Kier molecular flexibility index (Phi) is 6.32. The molecular formula is C19H18Br2N2O2S. The Morgan fingerprint density at radius 1 is 1.27 bits per heavy atom. The molecule has 0 saturated carbocycles. The fraction of sp³-hybridized carbons (Fsp3) is 0.263. The maximum Gasteiger partial charge on any atom is 0.264 e. The van der Waals surface area contributed by atoms with Crippen LogP contribution in [0.2, 0.25) is 0 Å². The first-order valence-electron chi connectivity index (χ1n) is 8.24. The number of fused-ring (bicyclic) bond motifs is 1. The summed E-state index contributed by atoms with van der Waals surface area (Å²) in [5.41, 5.74) is 2.19. The maximum atomic E-state index is 12.2. The Hall–Kier alpha value is -1.44. The highest BCUT2D eigenvalue weighted by molar-refractivity contribution is 9.11. The zero-order valence-corrected chi connectivity index (χ0v) is 18.4. The number of carbonyl (C=O) groups is 1. The van der Waals surface area contributed by atoms with E-state index in [1.54, 1.807) is 6.07 Å². The van der Waals surface area contributed by atoms with Gasteiger partial charge in [0.15, 0.2) is 11.7 Å². The standard InChI is InChI=1S/C19H18Br2N2O2S/c1-3-11(2)12-4-6-15-17(8-12)26-19(22-15)23-18(24)10-25-16-7-5-13(20)9-14(16)21/h4-9,11H,3,10H2,1-2H3,(H,22,23,24). The third-order valence-electron chi connectivity index (χ3n) is 4.09. The number of halogens is 2. The van der Waals surface area contributed by atoms with Crippen molar-refractivity contribution in [2.75, 3.05) is 11.9 Å². The van der Waals surface area contributed by atoms with Crippen molar-refractivity contribution in [3.05, 3.63) is 50.9 Å². The lowest BCUT2D eigenvalue weighted by Gasteiger charge is -2.07. The number of hydrogen-bond donors (Lipinski definition) is 1. The van der Waals surface area contributed by atoms with Crippen LogP contribution in [0.15, 0.2) is 45.3 Å². The minimum Gasteiger partial charge on any atom is -0.483 e. The number of thiazole rings is 1. The highest BCUT2D eigenvalue weighted by Crippen LogP contribution is 2.30. The van der Waals surface area contributed by atoms with E-state index in [0.29, 0.717) is 16.8 Å². The van der Waals surface area contributed by atoms with Crippen LogP contribution in [0.3, 0.4) is 0 Å². The van der Waals surface area contributed by atoms with Gasteiger partial charge in [-0.1, -0.05) is 47.2 Å². The van der Waals surface area contributed by atoms with Crippen LogP contribution in [0.5, 0.6) is 5.75 Å². The van der Waals surface area contributed by atoms with Crippen molar-refractivity contribution < 1.29 is 9.53 Å². The molecule has 1 atom stereocenters. The zero-order valence-electron chi connectivity index (χ0n) is 14.4. The molecule has 1 aromatic heterocycles. The molecule has 7 heteroatoms. The molecule has 0 bridgehead atoms. The first-order valence-corrected chi connectivity index (χ1v) is 10.6. The van der Waals surface area contributed by atoms with E-state index in [-0.39, 0.29) is 12.5 Å². The van der Waals surface area contributed by atoms with Crippen LogP contribution in [0.25, 0.3) is 10.2 Å². The van der Waals surface area contributed by atoms with Gasteiger partial charge in [0.25, 0.3) is 5.91 Å². The van der Waals surface area contributed by atoms with Crippen LogP contribution in [-0.4, -0.2) is 17.5 Å². The molecule has 3 rings (SSSR count). The van der Waals surface area contributed by atoms with Crippen molar-refractivity contribution in [3.63, 3.8) is 0 Å². The third-order valence-corrected chi connectivity index (χ3v) is 6.14. The summed E-state index contributed by atoms with van der Waals surface area (Å²) in [4.78, 5) is 16.6. The summed E-state index contributed by atoms with van der Waals surface area (Å²) in [5, 5.41) is 3.40. The van der Waals surface area contributed by atoms with Gasteiger partial charge in [-0.2, -0.15) is 0 Å². The van der Waals surface area contributed by atoms with Gasteiger partial charge in [-0.15, -0.1) is 0 Å². The van der Waals surface area contributed by atoms with Crippen molar-refractivity contribution in [1.82, 2.24) is 4.98 Å². The summed E-state index contributed by atoms with van der Waals surface area (Å²) in [7, 11) is 0. The molecule has 1 heterocycles. The van der Waals surface area contributed by atoms with Gasteiger partial charge in [-0.25, -0.2) is 4.98 Å². The molecule has 0 radical (unpaired) electrons. The molecule has 1 amide bonds. The predicted octanol–water partition coefficient (Wildman–Crippen LogP) is 6.35. The SMILES string of the molecule is CCC(C)c1ccc2nc(NC(=O)COc3ccc(Br)cc3Br)sc2c1. The molecule has 0 aliphatic rings. The normalized spacial score (nSPS) is 12.2. The van der Waals surface area contributed by atoms with E-state index >= 15 is 0 Å². The van der Waals surface area contributed by atoms with E-state index < -0.39 is 0 Å². The summed E-state index contributed by atoms with van der Waals surface area (Å²) in [6, 6.07) is 11.8. The quantitative estimate of drug-likeness (QED) is 0.431. The minimum absolute atomic E-state index is 0.0751. The maximum absolute atomic E-state index is 12.2. The second kappa shape index (κ2) is 8.50. The van der Waals surface area contributed by atoms with Gasteiger partial charge in [0.05, 0.1) is 14.7 Å². The predicted molar refractivity (Wildman–Crippen MR) is 114 cm³/mol. The molecule has 136 valence electrons. The molecule has 0 fully saturated rings. The van der Waals surface area contributed by atoms with E-state index in [9.17, 15) is 4.79 Å². The Bertz CT molecular complexity index is 942. The van der Waals surface area contributed by atoms with Crippen molar-refractivity contribution in [1.29, 1.82) is 0 Å². The molecule has 0 spiro atoms. The van der Waals surface area contributed by atoms with Gasteiger partial charge in [-0.3, -0.25) is 10.1 Å². The zero-order chi connectivity index (χ0) is 18.7. The number of anilines is 1. The lowest BCUT2D eigenvalue weighted by Crippen LogP contribution is -2.20. The average Bonchev–Trinajstić information content (AvgIpc) is 3.01. The van der Waals surface area contributed by atoms with Crippen molar-refractivity contribution in [2.24, 2.45) is 0 Å². The number of rotatable bonds is 6. The fourth-order valence-electron chi connectivity index (χ4n) is 2.43. The van der Waals surface area contributed by atoms with Gasteiger partial charge >= 0.3 is 0 Å². The number of amides is 1. The lowest BCUT2D eigenvalue weighted by atomic mass is 9.99. The van der Waals surface area contributed by atoms with Gasteiger partial charge in [0, 0.05) is 4.47 Å². The lowest BCUT2D eigenvalue weighted by molar-refractivity contribution is -0.118. The first-order chi connectivity index (χ1) is 12.5. The van der Waals surface area contributed by atoms with Crippen molar-refractivity contribution in [2.45, 2.75) is 26.2 Å². The van der Waals surface area contributed by atoms with Crippen LogP contribution >= 0.6 is 43.2 Å². The number of aromatic nitrogens is 1. The summed E-state index contributed by atoms with van der Waals surface area (Å²) >= 11 is 8.28. The number of nitrogens with one attached hydrogen (secondary N) is 1.